The first-order valence-electron chi connectivity index (χ1n) is 6.14. The van der Waals surface area contributed by atoms with Gasteiger partial charge in [-0.05, 0) is 30.0 Å². The van der Waals surface area contributed by atoms with Crippen molar-refractivity contribution in [2.75, 3.05) is 6.26 Å². The molecule has 3 nitrogen and oxygen atoms in total. The number of nitrogens with zero attached hydrogens (tertiary/aromatic N) is 1. The van der Waals surface area contributed by atoms with Crippen LogP contribution in [-0.2, 0) is 6.54 Å². The van der Waals surface area contributed by atoms with Crippen molar-refractivity contribution in [1.82, 2.24) is 9.97 Å². The Hall–Kier alpha value is -1.78. The fourth-order valence-electron chi connectivity index (χ4n) is 2.14. The number of imidazole rings is 1. The number of aromatic amines is 1. The summed E-state index contributed by atoms with van der Waals surface area (Å²) < 4.78 is 0. The van der Waals surface area contributed by atoms with Crippen molar-refractivity contribution in [1.29, 1.82) is 0 Å². The highest BCUT2D eigenvalue weighted by molar-refractivity contribution is 7.98. The molecule has 0 saturated carbocycles. The summed E-state index contributed by atoms with van der Waals surface area (Å²) in [7, 11) is 0. The van der Waals surface area contributed by atoms with Crippen LogP contribution in [0.2, 0.25) is 0 Å². The quantitative estimate of drug-likeness (QED) is 0.716. The molecule has 0 bridgehead atoms. The van der Waals surface area contributed by atoms with Crippen molar-refractivity contribution >= 4 is 22.8 Å². The summed E-state index contributed by atoms with van der Waals surface area (Å²) >= 11 is 1.74. The van der Waals surface area contributed by atoms with Crippen molar-refractivity contribution in [3.8, 4) is 11.4 Å². The molecule has 0 unspecified atom stereocenters. The van der Waals surface area contributed by atoms with Gasteiger partial charge in [0, 0.05) is 17.0 Å². The largest absolute Gasteiger partial charge is 0.338 e. The van der Waals surface area contributed by atoms with Crippen LogP contribution in [0.3, 0.4) is 0 Å². The molecule has 0 aliphatic heterocycles. The van der Waals surface area contributed by atoms with E-state index in [-0.39, 0.29) is 0 Å². The third-order valence-corrected chi connectivity index (χ3v) is 3.92. The summed E-state index contributed by atoms with van der Waals surface area (Å²) in [6.45, 7) is 0.507. The highest BCUT2D eigenvalue weighted by Crippen LogP contribution is 2.24. The summed E-state index contributed by atoms with van der Waals surface area (Å²) in [6.07, 6.45) is 2.07. The van der Waals surface area contributed by atoms with E-state index in [2.05, 4.69) is 40.5 Å². The molecule has 3 rings (SSSR count). The highest BCUT2D eigenvalue weighted by atomic mass is 32.2. The molecule has 2 aromatic carbocycles. The predicted octanol–water partition coefficient (Wildman–Crippen LogP) is 3.41. The van der Waals surface area contributed by atoms with Crippen molar-refractivity contribution in [3.05, 3.63) is 48.0 Å². The second-order valence-corrected chi connectivity index (χ2v) is 5.21. The normalized spacial score (nSPS) is 11.1. The van der Waals surface area contributed by atoms with Gasteiger partial charge in [0.1, 0.15) is 5.82 Å². The Kier molecular flexibility index (Phi) is 3.27. The van der Waals surface area contributed by atoms with Gasteiger partial charge in [-0.1, -0.05) is 24.3 Å². The fourth-order valence-corrected chi connectivity index (χ4v) is 2.55. The van der Waals surface area contributed by atoms with Gasteiger partial charge in [0.25, 0.3) is 0 Å². The number of benzene rings is 2. The number of hydrogen-bond donors (Lipinski definition) is 2. The van der Waals surface area contributed by atoms with Crippen molar-refractivity contribution in [3.63, 3.8) is 0 Å². The standard InChI is InChI=1S/C15H15N3S/c1-19-12-7-5-10(6-8-12)15-17-13-4-2-3-11(9-16)14(13)18-15/h2-8H,9,16H2,1H3,(H,17,18). The van der Waals surface area contributed by atoms with E-state index in [9.17, 15) is 0 Å². The van der Waals surface area contributed by atoms with Crippen molar-refractivity contribution < 1.29 is 0 Å². The maximum Gasteiger partial charge on any atom is 0.138 e. The molecule has 0 atom stereocenters. The number of para-hydroxylation sites is 1. The van der Waals surface area contributed by atoms with Gasteiger partial charge >= 0.3 is 0 Å². The number of hydrogen-bond acceptors (Lipinski definition) is 3. The molecule has 0 aliphatic carbocycles. The molecule has 1 aromatic heterocycles. The molecule has 3 aromatic rings. The Morgan fingerprint density at radius 1 is 1.16 bits per heavy atom. The number of rotatable bonds is 3. The first kappa shape index (κ1) is 12.3. The van der Waals surface area contributed by atoms with Crippen LogP contribution in [0.5, 0.6) is 0 Å². The minimum atomic E-state index is 0.507. The monoisotopic (exact) mass is 269 g/mol. The lowest BCUT2D eigenvalue weighted by Crippen LogP contribution is -1.96. The van der Waals surface area contributed by atoms with E-state index >= 15 is 0 Å². The predicted molar refractivity (Wildman–Crippen MR) is 81.2 cm³/mol. The Bertz CT molecular complexity index is 701. The SMILES string of the molecule is CSc1ccc(-c2nc3c(CN)cccc3[nH]2)cc1. The summed E-state index contributed by atoms with van der Waals surface area (Å²) in [5, 5.41) is 0. The smallest absolute Gasteiger partial charge is 0.138 e. The van der Waals surface area contributed by atoms with Crippen LogP contribution in [0.15, 0.2) is 47.4 Å². The Balaban J connectivity index is 2.09. The van der Waals surface area contributed by atoms with E-state index in [1.54, 1.807) is 11.8 Å². The Labute approximate surface area is 116 Å². The summed E-state index contributed by atoms with van der Waals surface area (Å²) in [5.41, 5.74) is 9.91. The van der Waals surface area contributed by atoms with E-state index in [0.29, 0.717) is 6.54 Å². The molecule has 19 heavy (non-hydrogen) atoms. The van der Waals surface area contributed by atoms with E-state index in [0.717, 1.165) is 28.0 Å². The number of fused-ring (bicyclic) bond motifs is 1. The number of nitrogens with one attached hydrogen (secondary N) is 1. The number of aromatic nitrogens is 2. The lowest BCUT2D eigenvalue weighted by atomic mass is 10.2. The van der Waals surface area contributed by atoms with Crippen molar-refractivity contribution in [2.24, 2.45) is 5.73 Å². The highest BCUT2D eigenvalue weighted by Gasteiger charge is 2.07. The average Bonchev–Trinajstić information content (AvgIpc) is 2.91. The zero-order chi connectivity index (χ0) is 13.2. The zero-order valence-electron chi connectivity index (χ0n) is 10.7. The molecule has 0 radical (unpaired) electrons. The number of H-pyrrole nitrogens is 1. The first-order chi connectivity index (χ1) is 9.31. The van der Waals surface area contributed by atoms with Gasteiger partial charge in [-0.25, -0.2) is 4.98 Å². The average molecular weight is 269 g/mol. The molecule has 4 heteroatoms. The lowest BCUT2D eigenvalue weighted by molar-refractivity contribution is 1.08. The Morgan fingerprint density at radius 3 is 2.63 bits per heavy atom. The molecule has 0 spiro atoms. The second kappa shape index (κ2) is 5.07. The third kappa shape index (κ3) is 2.25. The van der Waals surface area contributed by atoms with Crippen LogP contribution in [0.25, 0.3) is 22.4 Å². The van der Waals surface area contributed by atoms with E-state index in [1.807, 2.05) is 18.2 Å². The van der Waals surface area contributed by atoms with Gasteiger partial charge < -0.3 is 10.7 Å². The second-order valence-electron chi connectivity index (χ2n) is 4.33. The van der Waals surface area contributed by atoms with Crippen molar-refractivity contribution in [2.45, 2.75) is 11.4 Å². The fraction of sp³-hybridized carbons (Fsp3) is 0.133. The van der Waals surface area contributed by atoms with Crippen LogP contribution in [0.1, 0.15) is 5.56 Å². The first-order valence-corrected chi connectivity index (χ1v) is 7.36. The summed E-state index contributed by atoms with van der Waals surface area (Å²) in [5.74, 6) is 0.892. The summed E-state index contributed by atoms with van der Waals surface area (Å²) in [6, 6.07) is 14.4. The number of thioether (sulfide) groups is 1. The van der Waals surface area contributed by atoms with Crippen LogP contribution in [-0.4, -0.2) is 16.2 Å². The lowest BCUT2D eigenvalue weighted by Gasteiger charge is -1.98. The zero-order valence-corrected chi connectivity index (χ0v) is 11.5. The molecule has 0 amide bonds. The van der Waals surface area contributed by atoms with Crippen LogP contribution < -0.4 is 5.73 Å². The van der Waals surface area contributed by atoms with Gasteiger partial charge in [-0.3, -0.25) is 0 Å². The Morgan fingerprint density at radius 2 is 1.95 bits per heavy atom. The van der Waals surface area contributed by atoms with Crippen LogP contribution >= 0.6 is 11.8 Å². The molecule has 0 fully saturated rings. The van der Waals surface area contributed by atoms with E-state index in [4.69, 9.17) is 5.73 Å². The van der Waals surface area contributed by atoms with Crippen LogP contribution in [0.4, 0.5) is 0 Å². The molecule has 0 aliphatic rings. The van der Waals surface area contributed by atoms with E-state index in [1.165, 1.54) is 4.90 Å². The molecule has 0 saturated heterocycles. The minimum absolute atomic E-state index is 0.507. The minimum Gasteiger partial charge on any atom is -0.338 e. The molecule has 3 N–H and O–H groups in total. The van der Waals surface area contributed by atoms with Gasteiger partial charge in [0.2, 0.25) is 0 Å². The van der Waals surface area contributed by atoms with Gasteiger partial charge in [0.15, 0.2) is 0 Å². The van der Waals surface area contributed by atoms with Gasteiger partial charge in [-0.2, -0.15) is 0 Å². The maximum absolute atomic E-state index is 5.75. The molecule has 96 valence electrons. The molecule has 1 heterocycles. The van der Waals surface area contributed by atoms with Crippen LogP contribution in [0, 0.1) is 0 Å². The maximum atomic E-state index is 5.75. The van der Waals surface area contributed by atoms with E-state index < -0.39 is 0 Å². The summed E-state index contributed by atoms with van der Waals surface area (Å²) in [4.78, 5) is 9.27. The van der Waals surface area contributed by atoms with Gasteiger partial charge in [0.05, 0.1) is 11.0 Å². The molecular formula is C15H15N3S. The third-order valence-electron chi connectivity index (χ3n) is 3.18. The topological polar surface area (TPSA) is 54.7 Å². The molecular weight excluding hydrogens is 254 g/mol. The number of nitrogens with two attached hydrogens (primary N) is 1. The van der Waals surface area contributed by atoms with Gasteiger partial charge in [-0.15, -0.1) is 11.8 Å².